The SMILES string of the molecule is CC1CNC(C)CCN(CC2Cc3ccccc32)C1. The third-order valence-electron chi connectivity index (χ3n) is 4.70. The molecule has 0 bridgehead atoms. The molecule has 104 valence electrons. The lowest BCUT2D eigenvalue weighted by atomic mass is 9.77. The zero-order chi connectivity index (χ0) is 13.2. The van der Waals surface area contributed by atoms with E-state index in [1.54, 1.807) is 11.1 Å². The average Bonchev–Trinajstić information content (AvgIpc) is 2.38. The Labute approximate surface area is 117 Å². The Morgan fingerprint density at radius 2 is 2.11 bits per heavy atom. The first-order chi connectivity index (χ1) is 9.22. The van der Waals surface area contributed by atoms with Gasteiger partial charge in [0.15, 0.2) is 0 Å². The number of nitrogens with zero attached hydrogens (tertiary/aromatic N) is 1. The number of fused-ring (bicyclic) bond motifs is 1. The molecule has 0 amide bonds. The minimum absolute atomic E-state index is 0.666. The number of nitrogens with one attached hydrogen (secondary N) is 1. The van der Waals surface area contributed by atoms with Crippen molar-refractivity contribution in [3.05, 3.63) is 35.4 Å². The Morgan fingerprint density at radius 3 is 2.95 bits per heavy atom. The van der Waals surface area contributed by atoms with Gasteiger partial charge in [0.1, 0.15) is 0 Å². The summed E-state index contributed by atoms with van der Waals surface area (Å²) in [7, 11) is 0. The van der Waals surface area contributed by atoms with Crippen LogP contribution in [-0.2, 0) is 6.42 Å². The Balaban J connectivity index is 1.60. The van der Waals surface area contributed by atoms with Crippen LogP contribution in [0.15, 0.2) is 24.3 Å². The van der Waals surface area contributed by atoms with Crippen LogP contribution >= 0.6 is 0 Å². The summed E-state index contributed by atoms with van der Waals surface area (Å²) in [6.45, 7) is 9.60. The van der Waals surface area contributed by atoms with E-state index in [2.05, 4.69) is 48.3 Å². The second-order valence-electron chi connectivity index (χ2n) is 6.56. The molecular formula is C17H26N2. The molecule has 1 aliphatic carbocycles. The van der Waals surface area contributed by atoms with Gasteiger partial charge in [-0.1, -0.05) is 31.2 Å². The lowest BCUT2D eigenvalue weighted by Crippen LogP contribution is -2.44. The van der Waals surface area contributed by atoms with Gasteiger partial charge >= 0.3 is 0 Å². The van der Waals surface area contributed by atoms with Crippen LogP contribution in [0.2, 0.25) is 0 Å². The minimum atomic E-state index is 0.666. The normalized spacial score (nSPS) is 32.0. The summed E-state index contributed by atoms with van der Waals surface area (Å²) in [5.41, 5.74) is 3.17. The fraction of sp³-hybridized carbons (Fsp3) is 0.647. The molecule has 1 N–H and O–H groups in total. The maximum Gasteiger partial charge on any atom is 0.00537 e. The summed E-state index contributed by atoms with van der Waals surface area (Å²) in [5, 5.41) is 3.63. The van der Waals surface area contributed by atoms with Crippen molar-refractivity contribution in [3.63, 3.8) is 0 Å². The molecule has 2 nitrogen and oxygen atoms in total. The average molecular weight is 258 g/mol. The van der Waals surface area contributed by atoms with Crippen molar-refractivity contribution in [2.45, 2.75) is 38.6 Å². The summed E-state index contributed by atoms with van der Waals surface area (Å²) >= 11 is 0. The highest BCUT2D eigenvalue weighted by atomic mass is 15.1. The summed E-state index contributed by atoms with van der Waals surface area (Å²) in [6, 6.07) is 9.63. The van der Waals surface area contributed by atoms with Crippen LogP contribution in [0.5, 0.6) is 0 Å². The van der Waals surface area contributed by atoms with Gasteiger partial charge in [-0.15, -0.1) is 0 Å². The van der Waals surface area contributed by atoms with E-state index in [1.165, 1.54) is 39.0 Å². The number of benzene rings is 1. The van der Waals surface area contributed by atoms with Gasteiger partial charge in [-0.3, -0.25) is 0 Å². The predicted octanol–water partition coefficient (Wildman–Crippen LogP) is 2.65. The van der Waals surface area contributed by atoms with Gasteiger partial charge in [0.25, 0.3) is 0 Å². The molecule has 0 radical (unpaired) electrons. The van der Waals surface area contributed by atoms with Crippen molar-refractivity contribution in [2.75, 3.05) is 26.2 Å². The molecule has 1 fully saturated rings. The van der Waals surface area contributed by atoms with Gasteiger partial charge in [0, 0.05) is 25.0 Å². The molecule has 0 spiro atoms. The molecule has 0 saturated carbocycles. The van der Waals surface area contributed by atoms with Gasteiger partial charge in [-0.05, 0) is 49.9 Å². The van der Waals surface area contributed by atoms with Gasteiger partial charge in [0.05, 0.1) is 0 Å². The van der Waals surface area contributed by atoms with E-state index in [4.69, 9.17) is 0 Å². The molecule has 3 rings (SSSR count). The standard InChI is InChI=1S/C17H26N2/c1-13-10-18-14(2)7-8-19(11-13)12-16-9-15-5-3-4-6-17(15)16/h3-6,13-14,16,18H,7-12H2,1-2H3. The smallest absolute Gasteiger partial charge is 0.00537 e. The largest absolute Gasteiger partial charge is 0.314 e. The van der Waals surface area contributed by atoms with Crippen molar-refractivity contribution >= 4 is 0 Å². The Bertz CT molecular complexity index is 429. The number of hydrogen-bond acceptors (Lipinski definition) is 2. The summed E-state index contributed by atoms with van der Waals surface area (Å²) in [6.07, 6.45) is 2.57. The summed E-state index contributed by atoms with van der Waals surface area (Å²) in [5.74, 6) is 1.55. The second-order valence-corrected chi connectivity index (χ2v) is 6.56. The Hall–Kier alpha value is -0.860. The molecule has 19 heavy (non-hydrogen) atoms. The molecule has 1 aromatic carbocycles. The fourth-order valence-corrected chi connectivity index (χ4v) is 3.48. The molecule has 1 heterocycles. The van der Waals surface area contributed by atoms with E-state index < -0.39 is 0 Å². The maximum absolute atomic E-state index is 3.63. The molecule has 1 aliphatic heterocycles. The van der Waals surface area contributed by atoms with Crippen LogP contribution in [0.25, 0.3) is 0 Å². The zero-order valence-electron chi connectivity index (χ0n) is 12.2. The third kappa shape index (κ3) is 3.01. The molecule has 0 aromatic heterocycles. The molecule has 2 aliphatic rings. The van der Waals surface area contributed by atoms with Crippen molar-refractivity contribution < 1.29 is 0 Å². The second kappa shape index (κ2) is 5.64. The van der Waals surface area contributed by atoms with Crippen LogP contribution in [0, 0.1) is 5.92 Å². The maximum atomic E-state index is 3.63. The van der Waals surface area contributed by atoms with Crippen molar-refractivity contribution in [3.8, 4) is 0 Å². The van der Waals surface area contributed by atoms with E-state index in [0.717, 1.165) is 11.8 Å². The first-order valence-corrected chi connectivity index (χ1v) is 7.76. The van der Waals surface area contributed by atoms with E-state index in [9.17, 15) is 0 Å². The predicted molar refractivity (Wildman–Crippen MR) is 80.6 cm³/mol. The zero-order valence-corrected chi connectivity index (χ0v) is 12.2. The lowest BCUT2D eigenvalue weighted by Gasteiger charge is -2.37. The van der Waals surface area contributed by atoms with Crippen molar-refractivity contribution in [1.29, 1.82) is 0 Å². The summed E-state index contributed by atoms with van der Waals surface area (Å²) in [4.78, 5) is 2.70. The monoisotopic (exact) mass is 258 g/mol. The molecule has 1 aromatic rings. The lowest BCUT2D eigenvalue weighted by molar-refractivity contribution is 0.187. The van der Waals surface area contributed by atoms with Gasteiger partial charge < -0.3 is 10.2 Å². The highest BCUT2D eigenvalue weighted by Gasteiger charge is 2.28. The van der Waals surface area contributed by atoms with E-state index >= 15 is 0 Å². The first kappa shape index (κ1) is 13.1. The van der Waals surface area contributed by atoms with Crippen molar-refractivity contribution in [1.82, 2.24) is 10.2 Å². The van der Waals surface area contributed by atoms with Crippen LogP contribution < -0.4 is 5.32 Å². The Morgan fingerprint density at radius 1 is 1.26 bits per heavy atom. The van der Waals surface area contributed by atoms with E-state index in [0.29, 0.717) is 6.04 Å². The molecule has 2 heteroatoms. The number of rotatable bonds is 2. The molecule has 1 saturated heterocycles. The Kier molecular flexibility index (Phi) is 3.90. The quantitative estimate of drug-likeness (QED) is 0.877. The van der Waals surface area contributed by atoms with Crippen LogP contribution in [-0.4, -0.2) is 37.1 Å². The summed E-state index contributed by atoms with van der Waals surface area (Å²) < 4.78 is 0. The molecule has 3 unspecified atom stereocenters. The molecular weight excluding hydrogens is 232 g/mol. The van der Waals surface area contributed by atoms with Gasteiger partial charge in [0.2, 0.25) is 0 Å². The van der Waals surface area contributed by atoms with Crippen molar-refractivity contribution in [2.24, 2.45) is 5.92 Å². The van der Waals surface area contributed by atoms with Crippen LogP contribution in [0.1, 0.15) is 37.3 Å². The molecule has 3 atom stereocenters. The van der Waals surface area contributed by atoms with Gasteiger partial charge in [-0.2, -0.15) is 0 Å². The van der Waals surface area contributed by atoms with Gasteiger partial charge in [-0.25, -0.2) is 0 Å². The highest BCUT2D eigenvalue weighted by Crippen LogP contribution is 2.35. The van der Waals surface area contributed by atoms with E-state index in [1.807, 2.05) is 0 Å². The van der Waals surface area contributed by atoms with Crippen LogP contribution in [0.4, 0.5) is 0 Å². The fourth-order valence-electron chi connectivity index (χ4n) is 3.48. The first-order valence-electron chi connectivity index (χ1n) is 7.76. The van der Waals surface area contributed by atoms with E-state index in [-0.39, 0.29) is 0 Å². The number of hydrogen-bond donors (Lipinski definition) is 1. The minimum Gasteiger partial charge on any atom is -0.314 e. The van der Waals surface area contributed by atoms with Crippen LogP contribution in [0.3, 0.4) is 0 Å². The highest BCUT2D eigenvalue weighted by molar-refractivity contribution is 5.40. The third-order valence-corrected chi connectivity index (χ3v) is 4.70. The topological polar surface area (TPSA) is 15.3 Å².